The number of anilines is 1. The van der Waals surface area contributed by atoms with Crippen molar-refractivity contribution in [3.8, 4) is 17.2 Å². The maximum Gasteiger partial charge on any atom is 0.225 e. The van der Waals surface area contributed by atoms with E-state index >= 15 is 0 Å². The van der Waals surface area contributed by atoms with Crippen LogP contribution in [0.15, 0.2) is 12.1 Å². The van der Waals surface area contributed by atoms with Gasteiger partial charge >= 0.3 is 0 Å². The molecule has 0 unspecified atom stereocenters. The third kappa shape index (κ3) is 3.48. The molecule has 1 aliphatic heterocycles. The van der Waals surface area contributed by atoms with Gasteiger partial charge in [-0.1, -0.05) is 20.8 Å². The smallest absolute Gasteiger partial charge is 0.225 e. The number of benzene rings is 1. The van der Waals surface area contributed by atoms with Crippen LogP contribution in [0, 0.1) is 11.3 Å². The Morgan fingerprint density at radius 2 is 1.79 bits per heavy atom. The van der Waals surface area contributed by atoms with Gasteiger partial charge in [-0.15, -0.1) is 11.3 Å². The summed E-state index contributed by atoms with van der Waals surface area (Å²) in [6, 6.07) is 3.66. The molecular weight excluding hydrogens is 386 g/mol. The van der Waals surface area contributed by atoms with E-state index < -0.39 is 0 Å². The minimum absolute atomic E-state index is 0.0143. The number of hydrogen-bond donors (Lipinski definition) is 2. The van der Waals surface area contributed by atoms with Crippen molar-refractivity contribution in [1.29, 1.82) is 0 Å². The summed E-state index contributed by atoms with van der Waals surface area (Å²) in [6.07, 6.45) is 3.67. The molecule has 2 heterocycles. The molecule has 1 aromatic carbocycles. The van der Waals surface area contributed by atoms with E-state index in [0.717, 1.165) is 23.4 Å². The fourth-order valence-electron chi connectivity index (χ4n) is 4.68. The van der Waals surface area contributed by atoms with Crippen LogP contribution in [0.25, 0.3) is 0 Å². The van der Waals surface area contributed by atoms with Crippen LogP contribution < -0.4 is 14.8 Å². The Labute approximate surface area is 176 Å². The van der Waals surface area contributed by atoms with Crippen LogP contribution in [0.3, 0.4) is 0 Å². The molecule has 2 N–H and O–H groups in total. The molecule has 29 heavy (non-hydrogen) atoms. The molecule has 2 atom stereocenters. The summed E-state index contributed by atoms with van der Waals surface area (Å²) in [4.78, 5) is 13.9. The highest BCUT2D eigenvalue weighted by atomic mass is 32.1. The SMILES string of the molecule is COc1cc([C@H]2CC(=O)Nc3sc4c(c32)CC[C@H](C(C)(C)C)C4)cc(OC)c1O. The zero-order valence-corrected chi connectivity index (χ0v) is 18.5. The molecule has 156 valence electrons. The predicted molar refractivity (Wildman–Crippen MR) is 116 cm³/mol. The molecule has 0 spiro atoms. The van der Waals surface area contributed by atoms with Gasteiger partial charge in [-0.05, 0) is 59.4 Å². The Hall–Kier alpha value is -2.21. The normalized spacial score (nSPS) is 21.2. The number of hydrogen-bond acceptors (Lipinski definition) is 5. The van der Waals surface area contributed by atoms with E-state index in [-0.39, 0.29) is 23.0 Å². The van der Waals surface area contributed by atoms with Gasteiger partial charge in [0.15, 0.2) is 11.5 Å². The fraction of sp³-hybridized carbons (Fsp3) is 0.522. The maximum atomic E-state index is 12.5. The summed E-state index contributed by atoms with van der Waals surface area (Å²) in [5, 5.41) is 14.4. The van der Waals surface area contributed by atoms with Crippen molar-refractivity contribution >= 4 is 22.2 Å². The first kappa shape index (κ1) is 20.1. The van der Waals surface area contributed by atoms with Gasteiger partial charge in [0.1, 0.15) is 0 Å². The Kier molecular flexibility index (Phi) is 5.01. The summed E-state index contributed by atoms with van der Waals surface area (Å²) in [5.74, 6) is 1.33. The van der Waals surface area contributed by atoms with E-state index in [1.54, 1.807) is 11.3 Å². The van der Waals surface area contributed by atoms with Crippen molar-refractivity contribution in [3.63, 3.8) is 0 Å². The van der Waals surface area contributed by atoms with Crippen molar-refractivity contribution in [2.75, 3.05) is 19.5 Å². The third-order valence-electron chi connectivity index (χ3n) is 6.43. The van der Waals surface area contributed by atoms with Crippen LogP contribution in [-0.4, -0.2) is 25.2 Å². The van der Waals surface area contributed by atoms with Crippen molar-refractivity contribution in [3.05, 3.63) is 33.7 Å². The number of thiophene rings is 1. The molecular formula is C23H29NO4S. The molecule has 2 aromatic rings. The van der Waals surface area contributed by atoms with Crippen LogP contribution in [0.4, 0.5) is 5.00 Å². The first-order valence-corrected chi connectivity index (χ1v) is 10.9. The lowest BCUT2D eigenvalue weighted by Gasteiger charge is -2.34. The largest absolute Gasteiger partial charge is 0.502 e. The Bertz CT molecular complexity index is 932. The summed E-state index contributed by atoms with van der Waals surface area (Å²) in [5.41, 5.74) is 3.86. The Balaban J connectivity index is 1.80. The lowest BCUT2D eigenvalue weighted by molar-refractivity contribution is -0.116. The van der Waals surface area contributed by atoms with E-state index in [1.165, 1.54) is 36.6 Å². The standard InChI is InChI=1S/C23H29NO4S/c1-23(2,3)13-6-7-14-18(10-13)29-22-20(14)15(11-19(25)24-22)12-8-16(27-4)21(26)17(9-12)28-5/h8-9,13,15,26H,6-7,10-11H2,1-5H3,(H,24,25)/t13-,15+/m0/s1. The number of aromatic hydroxyl groups is 1. The zero-order chi connectivity index (χ0) is 20.9. The Morgan fingerprint density at radius 1 is 1.14 bits per heavy atom. The highest BCUT2D eigenvalue weighted by Gasteiger charge is 2.37. The van der Waals surface area contributed by atoms with Crippen molar-refractivity contribution in [1.82, 2.24) is 0 Å². The molecule has 0 radical (unpaired) electrons. The molecule has 4 rings (SSSR count). The quantitative estimate of drug-likeness (QED) is 0.732. The van der Waals surface area contributed by atoms with Gasteiger partial charge in [0.25, 0.3) is 0 Å². The average Bonchev–Trinajstić information content (AvgIpc) is 3.04. The number of fused-ring (bicyclic) bond motifs is 3. The van der Waals surface area contributed by atoms with Crippen molar-refractivity contribution in [2.24, 2.45) is 11.3 Å². The first-order valence-electron chi connectivity index (χ1n) is 10.1. The van der Waals surface area contributed by atoms with Gasteiger partial charge in [0.2, 0.25) is 11.7 Å². The van der Waals surface area contributed by atoms with Gasteiger partial charge in [0, 0.05) is 17.2 Å². The molecule has 0 bridgehead atoms. The van der Waals surface area contributed by atoms with E-state index in [9.17, 15) is 9.90 Å². The average molecular weight is 416 g/mol. The number of ether oxygens (including phenoxy) is 2. The monoisotopic (exact) mass is 415 g/mol. The molecule has 0 fully saturated rings. The summed E-state index contributed by atoms with van der Waals surface area (Å²) in [6.45, 7) is 6.95. The van der Waals surface area contributed by atoms with Gasteiger partial charge in [-0.3, -0.25) is 4.79 Å². The number of nitrogens with one attached hydrogen (secondary N) is 1. The lowest BCUT2D eigenvalue weighted by atomic mass is 9.71. The lowest BCUT2D eigenvalue weighted by Crippen LogP contribution is -2.27. The number of phenols is 1. The Morgan fingerprint density at radius 3 is 2.38 bits per heavy atom. The second-order valence-corrected chi connectivity index (χ2v) is 10.2. The summed E-state index contributed by atoms with van der Waals surface area (Å²) >= 11 is 1.74. The van der Waals surface area contributed by atoms with E-state index in [0.29, 0.717) is 23.8 Å². The van der Waals surface area contributed by atoms with Crippen molar-refractivity contribution in [2.45, 2.75) is 52.4 Å². The minimum Gasteiger partial charge on any atom is -0.502 e. The second-order valence-electron chi connectivity index (χ2n) is 9.13. The maximum absolute atomic E-state index is 12.5. The van der Waals surface area contributed by atoms with Crippen LogP contribution in [0.5, 0.6) is 17.2 Å². The number of carbonyl (C=O) groups is 1. The van der Waals surface area contributed by atoms with E-state index in [2.05, 4.69) is 26.1 Å². The highest BCUT2D eigenvalue weighted by Crippen LogP contribution is 2.51. The molecule has 0 saturated carbocycles. The molecule has 6 heteroatoms. The van der Waals surface area contributed by atoms with Crippen LogP contribution in [0.1, 0.15) is 61.1 Å². The molecule has 5 nitrogen and oxygen atoms in total. The van der Waals surface area contributed by atoms with Crippen molar-refractivity contribution < 1.29 is 19.4 Å². The van der Waals surface area contributed by atoms with Gasteiger partial charge < -0.3 is 19.9 Å². The van der Waals surface area contributed by atoms with Crippen LogP contribution >= 0.6 is 11.3 Å². The van der Waals surface area contributed by atoms with Crippen LogP contribution in [0.2, 0.25) is 0 Å². The highest BCUT2D eigenvalue weighted by molar-refractivity contribution is 7.16. The van der Waals surface area contributed by atoms with Gasteiger partial charge in [-0.25, -0.2) is 0 Å². The zero-order valence-electron chi connectivity index (χ0n) is 17.7. The topological polar surface area (TPSA) is 67.8 Å². The number of methoxy groups -OCH3 is 2. The molecule has 1 amide bonds. The molecule has 0 saturated heterocycles. The number of carbonyl (C=O) groups excluding carboxylic acids is 1. The number of amides is 1. The second kappa shape index (κ2) is 7.24. The fourth-order valence-corrected chi connectivity index (χ4v) is 6.08. The van der Waals surface area contributed by atoms with Crippen LogP contribution in [-0.2, 0) is 17.6 Å². The minimum atomic E-state index is -0.0617. The molecule has 1 aromatic heterocycles. The number of phenolic OH excluding ortho intramolecular Hbond substituents is 1. The first-order chi connectivity index (χ1) is 13.7. The predicted octanol–water partition coefficient (Wildman–Crippen LogP) is 5.10. The summed E-state index contributed by atoms with van der Waals surface area (Å²) in [7, 11) is 3.05. The summed E-state index contributed by atoms with van der Waals surface area (Å²) < 4.78 is 10.7. The third-order valence-corrected chi connectivity index (χ3v) is 7.61. The van der Waals surface area contributed by atoms with Gasteiger partial charge in [0.05, 0.1) is 19.2 Å². The number of rotatable bonds is 3. The molecule has 1 aliphatic carbocycles. The molecule has 2 aliphatic rings. The van der Waals surface area contributed by atoms with Gasteiger partial charge in [-0.2, -0.15) is 0 Å². The van der Waals surface area contributed by atoms with E-state index in [4.69, 9.17) is 9.47 Å². The van der Waals surface area contributed by atoms with E-state index in [1.807, 2.05) is 12.1 Å².